The number of rotatable bonds is 7. The second-order valence-corrected chi connectivity index (χ2v) is 8.11. The van der Waals surface area contributed by atoms with E-state index in [0.29, 0.717) is 34.3 Å². The van der Waals surface area contributed by atoms with E-state index in [0.717, 1.165) is 0 Å². The smallest absolute Gasteiger partial charge is 0.261 e. The first kappa shape index (κ1) is 20.7. The zero-order valence-corrected chi connectivity index (χ0v) is 17.1. The van der Waals surface area contributed by atoms with E-state index in [9.17, 15) is 13.2 Å². The Morgan fingerprint density at radius 3 is 2.24 bits per heavy atom. The van der Waals surface area contributed by atoms with Gasteiger partial charge in [0.25, 0.3) is 15.9 Å². The van der Waals surface area contributed by atoms with Crippen molar-refractivity contribution in [2.24, 2.45) is 0 Å². The van der Waals surface area contributed by atoms with Gasteiger partial charge < -0.3 is 10.1 Å². The van der Waals surface area contributed by atoms with Crippen molar-refractivity contribution in [3.63, 3.8) is 0 Å². The second-order valence-electron chi connectivity index (χ2n) is 6.02. The van der Waals surface area contributed by atoms with Gasteiger partial charge in [-0.25, -0.2) is 8.42 Å². The number of sulfonamides is 1. The fourth-order valence-corrected chi connectivity index (χ4v) is 3.86. The summed E-state index contributed by atoms with van der Waals surface area (Å²) >= 11 is 6.00. The minimum absolute atomic E-state index is 0.0523. The predicted octanol–water partition coefficient (Wildman–Crippen LogP) is 4.79. The summed E-state index contributed by atoms with van der Waals surface area (Å²) in [5.41, 5.74) is 1.23. The summed E-state index contributed by atoms with van der Waals surface area (Å²) in [6, 6.07) is 19.2. The molecule has 0 aliphatic heterocycles. The van der Waals surface area contributed by atoms with E-state index in [1.54, 1.807) is 48.5 Å². The molecule has 0 saturated heterocycles. The van der Waals surface area contributed by atoms with E-state index < -0.39 is 10.0 Å². The highest BCUT2D eigenvalue weighted by Crippen LogP contribution is 2.24. The molecule has 29 heavy (non-hydrogen) atoms. The summed E-state index contributed by atoms with van der Waals surface area (Å²) < 4.78 is 32.8. The topological polar surface area (TPSA) is 84.5 Å². The van der Waals surface area contributed by atoms with Gasteiger partial charge in [0.1, 0.15) is 5.75 Å². The van der Waals surface area contributed by atoms with Crippen molar-refractivity contribution in [2.45, 2.75) is 11.8 Å². The quantitative estimate of drug-likeness (QED) is 0.564. The fourth-order valence-electron chi connectivity index (χ4n) is 2.54. The van der Waals surface area contributed by atoms with Gasteiger partial charge in [0.05, 0.1) is 22.2 Å². The summed E-state index contributed by atoms with van der Waals surface area (Å²) in [5.74, 6) is 0.377. The molecule has 0 fully saturated rings. The molecule has 0 saturated carbocycles. The van der Waals surface area contributed by atoms with Gasteiger partial charge in [-0.3, -0.25) is 9.52 Å². The Morgan fingerprint density at radius 2 is 1.62 bits per heavy atom. The summed E-state index contributed by atoms with van der Waals surface area (Å²) in [4.78, 5) is 12.4. The number of halogens is 1. The highest BCUT2D eigenvalue weighted by molar-refractivity contribution is 7.92. The summed E-state index contributed by atoms with van der Waals surface area (Å²) in [6.07, 6.45) is 0. The van der Waals surface area contributed by atoms with Gasteiger partial charge >= 0.3 is 0 Å². The normalized spacial score (nSPS) is 11.0. The lowest BCUT2D eigenvalue weighted by molar-refractivity contribution is 0.102. The lowest BCUT2D eigenvalue weighted by Gasteiger charge is -2.11. The third-order valence-corrected chi connectivity index (χ3v) is 5.68. The van der Waals surface area contributed by atoms with Crippen molar-refractivity contribution in [1.82, 2.24) is 0 Å². The van der Waals surface area contributed by atoms with Gasteiger partial charge in [-0.1, -0.05) is 23.7 Å². The number of ether oxygens (including phenoxy) is 1. The number of amides is 1. The molecule has 150 valence electrons. The van der Waals surface area contributed by atoms with Gasteiger partial charge in [0.2, 0.25) is 0 Å². The molecular weight excluding hydrogens is 412 g/mol. The summed E-state index contributed by atoms with van der Waals surface area (Å²) in [7, 11) is -3.80. The first-order chi connectivity index (χ1) is 13.9. The molecule has 0 unspecified atom stereocenters. The Bertz CT molecular complexity index is 1100. The van der Waals surface area contributed by atoms with Crippen molar-refractivity contribution >= 4 is 38.9 Å². The maximum Gasteiger partial charge on any atom is 0.261 e. The van der Waals surface area contributed by atoms with Crippen LogP contribution in [0.4, 0.5) is 11.4 Å². The summed E-state index contributed by atoms with van der Waals surface area (Å²) in [5, 5.41) is 3.03. The standard InChI is InChI=1S/C21H19ClN2O4S/c1-2-28-17-11-7-15(8-12-17)21(25)23-16-9-13-18(14-10-16)29(26,27)24-20-6-4-3-5-19(20)22/h3-14,24H,2H2,1H3,(H,23,25). The Kier molecular flexibility index (Phi) is 6.41. The number of carbonyl (C=O) groups is 1. The molecule has 0 heterocycles. The average molecular weight is 431 g/mol. The molecule has 0 radical (unpaired) electrons. The SMILES string of the molecule is CCOc1ccc(C(=O)Nc2ccc(S(=O)(=O)Nc3ccccc3Cl)cc2)cc1. The third kappa shape index (κ3) is 5.28. The minimum atomic E-state index is -3.80. The van der Waals surface area contributed by atoms with E-state index in [1.807, 2.05) is 6.92 Å². The number of hydrogen-bond donors (Lipinski definition) is 2. The van der Waals surface area contributed by atoms with Gasteiger partial charge in [-0.05, 0) is 67.6 Å². The van der Waals surface area contributed by atoms with Crippen LogP contribution in [0.15, 0.2) is 77.7 Å². The first-order valence-electron chi connectivity index (χ1n) is 8.80. The molecule has 0 aliphatic rings. The molecule has 0 aliphatic carbocycles. The largest absolute Gasteiger partial charge is 0.494 e. The zero-order chi connectivity index (χ0) is 20.9. The lowest BCUT2D eigenvalue weighted by atomic mass is 10.2. The van der Waals surface area contributed by atoms with Crippen LogP contribution in [0.3, 0.4) is 0 Å². The maximum atomic E-state index is 12.5. The number of benzene rings is 3. The predicted molar refractivity (Wildman–Crippen MR) is 114 cm³/mol. The Balaban J connectivity index is 1.69. The number of anilines is 2. The first-order valence-corrected chi connectivity index (χ1v) is 10.7. The van der Waals surface area contributed by atoms with E-state index in [4.69, 9.17) is 16.3 Å². The number of carbonyl (C=O) groups excluding carboxylic acids is 1. The molecule has 6 nitrogen and oxygen atoms in total. The van der Waals surface area contributed by atoms with E-state index in [2.05, 4.69) is 10.0 Å². The number of nitrogens with one attached hydrogen (secondary N) is 2. The van der Waals surface area contributed by atoms with E-state index in [1.165, 1.54) is 24.3 Å². The van der Waals surface area contributed by atoms with Crippen molar-refractivity contribution in [3.8, 4) is 5.75 Å². The van der Waals surface area contributed by atoms with E-state index >= 15 is 0 Å². The molecule has 0 aromatic heterocycles. The molecule has 3 rings (SSSR count). The molecule has 0 atom stereocenters. The van der Waals surface area contributed by atoms with Crippen LogP contribution in [-0.2, 0) is 10.0 Å². The fraction of sp³-hybridized carbons (Fsp3) is 0.0952. The van der Waals surface area contributed by atoms with Crippen molar-refractivity contribution in [2.75, 3.05) is 16.6 Å². The van der Waals surface area contributed by atoms with Crippen molar-refractivity contribution in [3.05, 3.63) is 83.4 Å². The van der Waals surface area contributed by atoms with Gasteiger partial charge in [-0.2, -0.15) is 0 Å². The highest BCUT2D eigenvalue weighted by atomic mass is 35.5. The van der Waals surface area contributed by atoms with Crippen LogP contribution in [0.25, 0.3) is 0 Å². The molecule has 1 amide bonds. The lowest BCUT2D eigenvalue weighted by Crippen LogP contribution is -2.14. The van der Waals surface area contributed by atoms with Crippen LogP contribution in [0.1, 0.15) is 17.3 Å². The Labute approximate surface area is 174 Å². The average Bonchev–Trinajstić information content (AvgIpc) is 2.71. The molecular formula is C21H19ClN2O4S. The molecule has 2 N–H and O–H groups in total. The third-order valence-electron chi connectivity index (χ3n) is 3.97. The highest BCUT2D eigenvalue weighted by Gasteiger charge is 2.16. The zero-order valence-electron chi connectivity index (χ0n) is 15.6. The van der Waals surface area contributed by atoms with E-state index in [-0.39, 0.29) is 10.8 Å². The summed E-state index contributed by atoms with van der Waals surface area (Å²) in [6.45, 7) is 2.43. The van der Waals surface area contributed by atoms with Crippen LogP contribution in [-0.4, -0.2) is 20.9 Å². The maximum absolute atomic E-state index is 12.5. The monoisotopic (exact) mass is 430 g/mol. The van der Waals surface area contributed by atoms with Crippen LogP contribution in [0.5, 0.6) is 5.75 Å². The second kappa shape index (κ2) is 8.98. The Morgan fingerprint density at radius 1 is 0.966 bits per heavy atom. The number of hydrogen-bond acceptors (Lipinski definition) is 4. The van der Waals surface area contributed by atoms with Crippen LogP contribution in [0, 0.1) is 0 Å². The van der Waals surface area contributed by atoms with Crippen LogP contribution >= 0.6 is 11.6 Å². The van der Waals surface area contributed by atoms with Crippen molar-refractivity contribution in [1.29, 1.82) is 0 Å². The van der Waals surface area contributed by atoms with Crippen molar-refractivity contribution < 1.29 is 17.9 Å². The molecule has 3 aromatic carbocycles. The molecule has 0 spiro atoms. The molecule has 8 heteroatoms. The van der Waals surface area contributed by atoms with Gasteiger partial charge in [0, 0.05) is 11.3 Å². The van der Waals surface area contributed by atoms with Gasteiger partial charge in [-0.15, -0.1) is 0 Å². The number of para-hydroxylation sites is 1. The molecule has 0 bridgehead atoms. The van der Waals surface area contributed by atoms with Gasteiger partial charge in [0.15, 0.2) is 0 Å². The minimum Gasteiger partial charge on any atom is -0.494 e. The van der Waals surface area contributed by atoms with Crippen LogP contribution < -0.4 is 14.8 Å². The molecule has 3 aromatic rings. The van der Waals surface area contributed by atoms with Crippen LogP contribution in [0.2, 0.25) is 5.02 Å². The Hall–Kier alpha value is -3.03.